The van der Waals surface area contributed by atoms with Crippen molar-refractivity contribution in [3.8, 4) is 0 Å². The second-order valence-corrected chi connectivity index (χ2v) is 5.84. The first kappa shape index (κ1) is 16.4. The Morgan fingerprint density at radius 2 is 1.67 bits per heavy atom. The number of fused-ring (bicyclic) bond motifs is 5. The lowest BCUT2D eigenvalue weighted by Crippen LogP contribution is -2.55. The fraction of sp³-hybridized carbons (Fsp3) is 0.467. The van der Waals surface area contributed by atoms with Crippen LogP contribution in [0, 0.1) is 0 Å². The zero-order valence-electron chi connectivity index (χ0n) is 13.2. The first-order valence-electron chi connectivity index (χ1n) is 7.71. The fourth-order valence-corrected chi connectivity index (χ4v) is 2.91. The van der Waals surface area contributed by atoms with Gasteiger partial charge in [-0.05, 0) is 12.1 Å². The van der Waals surface area contributed by atoms with Crippen molar-refractivity contribution in [2.75, 3.05) is 32.7 Å². The summed E-state index contributed by atoms with van der Waals surface area (Å²) in [5.41, 5.74) is 1.49. The predicted molar refractivity (Wildman–Crippen MR) is 83.4 cm³/mol. The Morgan fingerprint density at radius 1 is 1.04 bits per heavy atom. The van der Waals surface area contributed by atoms with E-state index in [4.69, 9.17) is 8.05 Å². The van der Waals surface area contributed by atoms with Crippen LogP contribution in [-0.4, -0.2) is 78.2 Å². The SMILES string of the molecule is [B]OC(=O)CN1CCN2CCN(Cc3cccc(n3)C1)C(=O)C2=O. The third-order valence-electron chi connectivity index (χ3n) is 4.17. The van der Waals surface area contributed by atoms with Gasteiger partial charge in [0.05, 0.1) is 24.5 Å². The molecule has 4 heterocycles. The fourth-order valence-electron chi connectivity index (χ4n) is 2.91. The van der Waals surface area contributed by atoms with Gasteiger partial charge in [-0.15, -0.1) is 0 Å². The summed E-state index contributed by atoms with van der Waals surface area (Å²) in [5.74, 6) is -1.59. The summed E-state index contributed by atoms with van der Waals surface area (Å²) >= 11 is 0. The smallest absolute Gasteiger partial charge is 0.378 e. The molecule has 2 radical (unpaired) electrons. The van der Waals surface area contributed by atoms with Crippen LogP contribution in [0.5, 0.6) is 0 Å². The van der Waals surface area contributed by atoms with Crippen LogP contribution in [0.25, 0.3) is 0 Å². The number of carbonyl (C=O) groups excluding carboxylic acids is 3. The van der Waals surface area contributed by atoms with E-state index in [2.05, 4.69) is 9.64 Å². The van der Waals surface area contributed by atoms with Crippen molar-refractivity contribution < 1.29 is 19.0 Å². The highest BCUT2D eigenvalue weighted by atomic mass is 16.5. The third-order valence-corrected chi connectivity index (χ3v) is 4.17. The summed E-state index contributed by atoms with van der Waals surface area (Å²) in [6.07, 6.45) is 0. The number of carbonyl (C=O) groups is 3. The van der Waals surface area contributed by atoms with Gasteiger partial charge in [-0.3, -0.25) is 24.3 Å². The Morgan fingerprint density at radius 3 is 2.42 bits per heavy atom. The predicted octanol–water partition coefficient (Wildman–Crippen LogP) is -1.31. The van der Waals surface area contributed by atoms with Gasteiger partial charge in [0, 0.05) is 32.7 Å². The Hall–Kier alpha value is -2.42. The number of nitrogens with zero attached hydrogens (tertiary/aromatic N) is 4. The largest absolute Gasteiger partial charge is 0.542 e. The molecule has 24 heavy (non-hydrogen) atoms. The molecule has 8 nitrogen and oxygen atoms in total. The molecule has 0 aliphatic carbocycles. The molecule has 1 aromatic rings. The molecule has 0 N–H and O–H groups in total. The molecule has 1 aromatic heterocycles. The first-order chi connectivity index (χ1) is 11.6. The highest BCUT2D eigenvalue weighted by molar-refractivity contribution is 6.35. The average molecular weight is 328 g/mol. The van der Waals surface area contributed by atoms with E-state index < -0.39 is 17.8 Å². The second kappa shape index (κ2) is 7.00. The van der Waals surface area contributed by atoms with Gasteiger partial charge in [-0.2, -0.15) is 0 Å². The number of aromatic nitrogens is 1. The first-order valence-corrected chi connectivity index (χ1v) is 7.71. The van der Waals surface area contributed by atoms with Gasteiger partial charge in [0.1, 0.15) is 0 Å². The van der Waals surface area contributed by atoms with E-state index in [1.807, 2.05) is 18.2 Å². The standard InChI is InChI=1S/C15H17BN4O4/c16-24-13(21)10-18-4-5-19-6-7-20(15(23)14(19)22)9-12-3-1-2-11(8-18)17-12/h1-3H,4-10H2. The molecule has 4 bridgehead atoms. The van der Waals surface area contributed by atoms with Crippen molar-refractivity contribution in [3.05, 3.63) is 29.6 Å². The second-order valence-electron chi connectivity index (χ2n) is 5.84. The van der Waals surface area contributed by atoms with Crippen molar-refractivity contribution in [1.29, 1.82) is 0 Å². The minimum Gasteiger partial charge on any atom is -0.542 e. The monoisotopic (exact) mass is 328 g/mol. The highest BCUT2D eigenvalue weighted by Gasteiger charge is 2.33. The lowest BCUT2D eigenvalue weighted by molar-refractivity contribution is -0.156. The van der Waals surface area contributed by atoms with Crippen LogP contribution in [0.15, 0.2) is 18.2 Å². The van der Waals surface area contributed by atoms with Gasteiger partial charge in [0.25, 0.3) is 0 Å². The Kier molecular flexibility index (Phi) is 4.80. The van der Waals surface area contributed by atoms with E-state index in [9.17, 15) is 14.4 Å². The van der Waals surface area contributed by atoms with Crippen LogP contribution in [0.4, 0.5) is 0 Å². The quantitative estimate of drug-likeness (QED) is 0.495. The van der Waals surface area contributed by atoms with Crippen LogP contribution in [0.2, 0.25) is 0 Å². The molecule has 0 saturated carbocycles. The van der Waals surface area contributed by atoms with E-state index in [-0.39, 0.29) is 6.54 Å². The van der Waals surface area contributed by atoms with E-state index >= 15 is 0 Å². The molecular formula is C15H17BN4O4. The zero-order valence-corrected chi connectivity index (χ0v) is 13.2. The summed E-state index contributed by atoms with van der Waals surface area (Å²) in [6.45, 7) is 2.44. The molecule has 3 aliphatic heterocycles. The molecule has 1 saturated heterocycles. The molecule has 0 aromatic carbocycles. The van der Waals surface area contributed by atoms with E-state index in [1.165, 1.54) is 9.80 Å². The highest BCUT2D eigenvalue weighted by Crippen LogP contribution is 2.13. The van der Waals surface area contributed by atoms with Crippen molar-refractivity contribution in [2.45, 2.75) is 13.1 Å². The molecule has 0 atom stereocenters. The molecular weight excluding hydrogens is 311 g/mol. The van der Waals surface area contributed by atoms with Crippen molar-refractivity contribution in [3.63, 3.8) is 0 Å². The van der Waals surface area contributed by atoms with Crippen molar-refractivity contribution >= 4 is 25.8 Å². The molecule has 124 valence electrons. The van der Waals surface area contributed by atoms with Crippen LogP contribution in [0.3, 0.4) is 0 Å². The Bertz CT molecular complexity index is 669. The molecule has 0 spiro atoms. The van der Waals surface area contributed by atoms with Gasteiger partial charge >= 0.3 is 25.8 Å². The van der Waals surface area contributed by atoms with E-state index in [1.54, 1.807) is 4.90 Å². The average Bonchev–Trinajstić information content (AvgIpc) is 2.57. The number of rotatable bonds is 2. The summed E-state index contributed by atoms with van der Waals surface area (Å²) in [6, 6.07) is 5.53. The maximum absolute atomic E-state index is 12.2. The minimum atomic E-state index is -0.564. The van der Waals surface area contributed by atoms with Crippen LogP contribution >= 0.6 is 0 Å². The zero-order chi connectivity index (χ0) is 17.1. The lowest BCUT2D eigenvalue weighted by atomic mass is 10.2. The molecule has 3 aliphatic rings. The minimum absolute atomic E-state index is 0.00942. The van der Waals surface area contributed by atoms with E-state index in [0.717, 1.165) is 5.69 Å². The third kappa shape index (κ3) is 3.56. The Labute approximate surface area is 140 Å². The summed E-state index contributed by atoms with van der Waals surface area (Å²) in [5, 5.41) is 0. The molecule has 4 rings (SSSR count). The summed E-state index contributed by atoms with van der Waals surface area (Å²) in [7, 11) is 4.92. The summed E-state index contributed by atoms with van der Waals surface area (Å²) in [4.78, 5) is 45.3. The molecule has 1 fully saturated rings. The lowest BCUT2D eigenvalue weighted by Gasteiger charge is -2.35. The van der Waals surface area contributed by atoms with Crippen molar-refractivity contribution in [2.24, 2.45) is 0 Å². The van der Waals surface area contributed by atoms with E-state index in [0.29, 0.717) is 45.0 Å². The number of pyridine rings is 1. The molecule has 2 amide bonds. The van der Waals surface area contributed by atoms with Crippen LogP contribution < -0.4 is 0 Å². The molecule has 0 unspecified atom stereocenters. The number of amides is 2. The molecule has 9 heteroatoms. The number of piperazine rings is 1. The van der Waals surface area contributed by atoms with Crippen LogP contribution in [0.1, 0.15) is 11.4 Å². The van der Waals surface area contributed by atoms with Gasteiger partial charge in [-0.25, -0.2) is 0 Å². The number of hydrogen-bond acceptors (Lipinski definition) is 6. The van der Waals surface area contributed by atoms with Gasteiger partial charge < -0.3 is 14.5 Å². The topological polar surface area (TPSA) is 83.1 Å². The normalized spacial score (nSPS) is 19.0. The van der Waals surface area contributed by atoms with Crippen LogP contribution in [-0.2, 0) is 32.1 Å². The maximum atomic E-state index is 12.2. The van der Waals surface area contributed by atoms with Gasteiger partial charge in [0.2, 0.25) is 0 Å². The van der Waals surface area contributed by atoms with Gasteiger partial charge in [-0.1, -0.05) is 6.07 Å². The summed E-state index contributed by atoms with van der Waals surface area (Å²) < 4.78 is 4.24. The maximum Gasteiger partial charge on any atom is 0.378 e. The Balaban J connectivity index is 1.88. The van der Waals surface area contributed by atoms with Gasteiger partial charge in [0.15, 0.2) is 0 Å². The van der Waals surface area contributed by atoms with Crippen molar-refractivity contribution in [1.82, 2.24) is 19.7 Å². The number of hydrogen-bond donors (Lipinski definition) is 0.